The van der Waals surface area contributed by atoms with Crippen molar-refractivity contribution in [3.8, 4) is 11.4 Å². The molecule has 27 heavy (non-hydrogen) atoms. The van der Waals surface area contributed by atoms with Crippen molar-refractivity contribution in [2.45, 2.75) is 30.8 Å². The largest absolute Gasteiger partial charge is 0.302 e. The van der Waals surface area contributed by atoms with Gasteiger partial charge in [0.25, 0.3) is 0 Å². The van der Waals surface area contributed by atoms with Crippen molar-refractivity contribution in [2.24, 2.45) is 0 Å². The van der Waals surface area contributed by atoms with Crippen LogP contribution in [0.4, 0.5) is 4.39 Å². The molecule has 0 aliphatic rings. The predicted molar refractivity (Wildman–Crippen MR) is 112 cm³/mol. The van der Waals surface area contributed by atoms with Crippen LogP contribution in [0.5, 0.6) is 0 Å². The van der Waals surface area contributed by atoms with Gasteiger partial charge in [-0.2, -0.15) is 0 Å². The molecule has 0 radical (unpaired) electrons. The number of rotatable bonds is 6. The van der Waals surface area contributed by atoms with Gasteiger partial charge in [-0.1, -0.05) is 54.6 Å². The molecule has 0 bridgehead atoms. The van der Waals surface area contributed by atoms with Gasteiger partial charge in [0.1, 0.15) is 5.82 Å². The molecule has 4 rings (SSSR count). The number of aromatic nitrogens is 3. The molecule has 0 aliphatic carbocycles. The van der Waals surface area contributed by atoms with Gasteiger partial charge in [-0.05, 0) is 30.2 Å². The summed E-state index contributed by atoms with van der Waals surface area (Å²) in [5.74, 6) is 1.18. The number of benzene rings is 2. The van der Waals surface area contributed by atoms with E-state index in [2.05, 4.69) is 39.2 Å². The first-order valence-electron chi connectivity index (χ1n) is 8.64. The van der Waals surface area contributed by atoms with E-state index in [9.17, 15) is 4.39 Å². The van der Waals surface area contributed by atoms with Crippen LogP contribution in [0.2, 0.25) is 5.02 Å². The highest BCUT2D eigenvalue weighted by Crippen LogP contribution is 2.35. The normalized spacial score (nSPS) is 11.4. The van der Waals surface area contributed by atoms with Gasteiger partial charge < -0.3 is 4.57 Å². The SMILES string of the molecule is CCCn1c(SCc2ccc(F)cc2Cl)nnc1-c1csc2ccccc12. The Morgan fingerprint density at radius 1 is 1.19 bits per heavy atom. The standard InChI is InChI=1S/C20H17ClFN3S2/c1-2-9-25-19(16-12-26-18-6-4-3-5-15(16)18)23-24-20(25)27-11-13-7-8-14(22)10-17(13)21/h3-8,10,12H,2,9,11H2,1H3. The van der Waals surface area contributed by atoms with Crippen molar-refractivity contribution < 1.29 is 4.39 Å². The summed E-state index contributed by atoms with van der Waals surface area (Å²) in [5, 5.41) is 13.5. The van der Waals surface area contributed by atoms with Crippen LogP contribution in [0.25, 0.3) is 21.5 Å². The van der Waals surface area contributed by atoms with Gasteiger partial charge in [-0.25, -0.2) is 4.39 Å². The number of hydrogen-bond donors (Lipinski definition) is 0. The van der Waals surface area contributed by atoms with Gasteiger partial charge in [0.15, 0.2) is 11.0 Å². The van der Waals surface area contributed by atoms with E-state index in [1.165, 1.54) is 22.2 Å². The minimum Gasteiger partial charge on any atom is -0.302 e. The number of thiophene rings is 1. The van der Waals surface area contributed by atoms with E-state index in [1.807, 2.05) is 12.1 Å². The molecule has 0 saturated carbocycles. The number of halogens is 2. The van der Waals surface area contributed by atoms with Crippen molar-refractivity contribution >= 4 is 44.8 Å². The van der Waals surface area contributed by atoms with Gasteiger partial charge in [-0.3, -0.25) is 0 Å². The molecular formula is C20H17ClFN3S2. The van der Waals surface area contributed by atoms with Gasteiger partial charge in [0.05, 0.1) is 0 Å². The second kappa shape index (κ2) is 8.00. The maximum atomic E-state index is 13.2. The Hall–Kier alpha value is -1.89. The topological polar surface area (TPSA) is 30.7 Å². The third-order valence-corrected chi connectivity index (χ3v) is 6.59. The Balaban J connectivity index is 1.66. The Labute approximate surface area is 170 Å². The molecule has 2 aromatic carbocycles. The summed E-state index contributed by atoms with van der Waals surface area (Å²) in [4.78, 5) is 0. The molecule has 0 unspecified atom stereocenters. The molecule has 0 saturated heterocycles. The predicted octanol–water partition coefficient (Wildman–Crippen LogP) is 6.65. The lowest BCUT2D eigenvalue weighted by molar-refractivity contribution is 0.626. The van der Waals surface area contributed by atoms with E-state index in [-0.39, 0.29) is 5.82 Å². The summed E-state index contributed by atoms with van der Waals surface area (Å²) < 4.78 is 16.7. The van der Waals surface area contributed by atoms with Crippen LogP contribution in [0.1, 0.15) is 18.9 Å². The van der Waals surface area contributed by atoms with Crippen LogP contribution >= 0.6 is 34.7 Å². The summed E-state index contributed by atoms with van der Waals surface area (Å²) in [6.07, 6.45) is 0.984. The number of hydrogen-bond acceptors (Lipinski definition) is 4. The van der Waals surface area contributed by atoms with Crippen LogP contribution < -0.4 is 0 Å². The fourth-order valence-electron chi connectivity index (χ4n) is 2.95. The van der Waals surface area contributed by atoms with Crippen molar-refractivity contribution in [1.29, 1.82) is 0 Å². The fourth-order valence-corrected chi connectivity index (χ4v) is 5.17. The summed E-state index contributed by atoms with van der Waals surface area (Å²) in [7, 11) is 0. The molecule has 2 heterocycles. The van der Waals surface area contributed by atoms with Crippen molar-refractivity contribution in [1.82, 2.24) is 14.8 Å². The Morgan fingerprint density at radius 3 is 2.85 bits per heavy atom. The van der Waals surface area contributed by atoms with E-state index < -0.39 is 0 Å². The number of nitrogens with zero attached hydrogens (tertiary/aromatic N) is 3. The molecule has 0 N–H and O–H groups in total. The molecule has 0 spiro atoms. The van der Waals surface area contributed by atoms with Crippen LogP contribution in [0.15, 0.2) is 53.0 Å². The van der Waals surface area contributed by atoms with Crippen LogP contribution in [-0.2, 0) is 12.3 Å². The van der Waals surface area contributed by atoms with E-state index in [0.717, 1.165) is 35.1 Å². The van der Waals surface area contributed by atoms with Crippen LogP contribution in [0, 0.1) is 5.82 Å². The molecule has 138 valence electrons. The zero-order chi connectivity index (χ0) is 18.8. The second-order valence-corrected chi connectivity index (χ2v) is 8.39. The molecule has 7 heteroatoms. The lowest BCUT2D eigenvalue weighted by atomic mass is 10.1. The average molecular weight is 418 g/mol. The summed E-state index contributed by atoms with van der Waals surface area (Å²) >= 11 is 9.44. The van der Waals surface area contributed by atoms with Crippen molar-refractivity contribution in [3.05, 3.63) is 64.2 Å². The maximum absolute atomic E-state index is 13.2. The first-order valence-corrected chi connectivity index (χ1v) is 10.9. The van der Waals surface area contributed by atoms with Gasteiger partial charge in [-0.15, -0.1) is 21.5 Å². The van der Waals surface area contributed by atoms with Crippen molar-refractivity contribution in [3.63, 3.8) is 0 Å². The lowest BCUT2D eigenvalue weighted by Crippen LogP contribution is -2.01. The Bertz CT molecular complexity index is 1090. The van der Waals surface area contributed by atoms with E-state index in [4.69, 9.17) is 11.6 Å². The highest BCUT2D eigenvalue weighted by Gasteiger charge is 2.17. The molecule has 3 nitrogen and oxygen atoms in total. The van der Waals surface area contributed by atoms with Crippen LogP contribution in [-0.4, -0.2) is 14.8 Å². The lowest BCUT2D eigenvalue weighted by Gasteiger charge is -2.09. The first-order chi connectivity index (χ1) is 13.2. The second-order valence-electron chi connectivity index (χ2n) is 6.13. The fraction of sp³-hybridized carbons (Fsp3) is 0.200. The average Bonchev–Trinajstić information content (AvgIpc) is 3.25. The van der Waals surface area contributed by atoms with Gasteiger partial charge in [0.2, 0.25) is 0 Å². The molecule has 4 aromatic rings. The monoisotopic (exact) mass is 417 g/mol. The minimum absolute atomic E-state index is 0.325. The van der Waals surface area contributed by atoms with E-state index in [0.29, 0.717) is 10.8 Å². The maximum Gasteiger partial charge on any atom is 0.191 e. The zero-order valence-electron chi connectivity index (χ0n) is 14.7. The third-order valence-electron chi connectivity index (χ3n) is 4.26. The smallest absolute Gasteiger partial charge is 0.191 e. The third kappa shape index (κ3) is 3.74. The molecule has 0 fully saturated rings. The summed E-state index contributed by atoms with van der Waals surface area (Å²) in [6.45, 7) is 2.98. The Morgan fingerprint density at radius 2 is 2.04 bits per heavy atom. The molecule has 2 aromatic heterocycles. The molecule has 0 atom stereocenters. The molecular weight excluding hydrogens is 401 g/mol. The first kappa shape index (κ1) is 18.5. The highest BCUT2D eigenvalue weighted by atomic mass is 35.5. The minimum atomic E-state index is -0.325. The molecule has 0 aliphatic heterocycles. The quantitative estimate of drug-likeness (QED) is 0.329. The highest BCUT2D eigenvalue weighted by molar-refractivity contribution is 7.98. The Kier molecular flexibility index (Phi) is 5.48. The van der Waals surface area contributed by atoms with E-state index in [1.54, 1.807) is 29.2 Å². The van der Waals surface area contributed by atoms with Gasteiger partial charge >= 0.3 is 0 Å². The summed E-state index contributed by atoms with van der Waals surface area (Å²) in [6, 6.07) is 12.8. The summed E-state index contributed by atoms with van der Waals surface area (Å²) in [5.41, 5.74) is 2.00. The molecule has 0 amide bonds. The number of fused-ring (bicyclic) bond motifs is 1. The van der Waals surface area contributed by atoms with Gasteiger partial charge in [0, 0.05) is 38.3 Å². The van der Waals surface area contributed by atoms with Crippen LogP contribution in [0.3, 0.4) is 0 Å². The zero-order valence-corrected chi connectivity index (χ0v) is 17.0. The van der Waals surface area contributed by atoms with E-state index >= 15 is 0 Å². The number of thioether (sulfide) groups is 1. The van der Waals surface area contributed by atoms with Crippen molar-refractivity contribution in [2.75, 3.05) is 0 Å².